The molecule has 18 heavy (non-hydrogen) atoms. The van der Waals surface area contributed by atoms with Crippen LogP contribution in [-0.4, -0.2) is 5.16 Å². The van der Waals surface area contributed by atoms with E-state index in [0.29, 0.717) is 22.6 Å². The van der Waals surface area contributed by atoms with Crippen LogP contribution in [0.4, 0.5) is 13.2 Å². The number of rotatable bonds is 2. The second-order valence-electron chi connectivity index (χ2n) is 3.85. The molecule has 3 nitrogen and oxygen atoms in total. The van der Waals surface area contributed by atoms with Crippen molar-refractivity contribution >= 4 is 0 Å². The number of nitrogens with zero attached hydrogens (tertiary/aromatic N) is 1. The minimum absolute atomic E-state index is 0.228. The fraction of sp³-hybridized carbons (Fsp3) is 0.250. The monoisotopic (exact) mass is 256 g/mol. The van der Waals surface area contributed by atoms with Crippen molar-refractivity contribution in [1.29, 1.82) is 0 Å². The van der Waals surface area contributed by atoms with Gasteiger partial charge in [0.15, 0.2) is 5.76 Å². The highest BCUT2D eigenvalue weighted by Gasteiger charge is 2.30. The molecular formula is C12H11F3N2O. The van der Waals surface area contributed by atoms with Crippen LogP contribution in [0.25, 0.3) is 11.3 Å². The van der Waals surface area contributed by atoms with E-state index in [1.54, 1.807) is 6.92 Å². The molecule has 0 bridgehead atoms. The third kappa shape index (κ3) is 2.24. The van der Waals surface area contributed by atoms with E-state index >= 15 is 0 Å². The average Bonchev–Trinajstić information content (AvgIpc) is 2.69. The van der Waals surface area contributed by atoms with Crippen LogP contribution in [0, 0.1) is 6.92 Å². The van der Waals surface area contributed by atoms with Crippen molar-refractivity contribution in [2.75, 3.05) is 0 Å². The van der Waals surface area contributed by atoms with Crippen LogP contribution < -0.4 is 5.73 Å². The van der Waals surface area contributed by atoms with Gasteiger partial charge in [-0.25, -0.2) is 0 Å². The Bertz CT molecular complexity index is 543. The molecule has 1 heterocycles. The summed E-state index contributed by atoms with van der Waals surface area (Å²) in [7, 11) is 0. The number of benzene rings is 1. The zero-order valence-electron chi connectivity index (χ0n) is 9.58. The Balaban J connectivity index is 2.40. The molecule has 2 aromatic rings. The molecule has 0 aliphatic heterocycles. The molecule has 0 aliphatic rings. The lowest BCUT2D eigenvalue weighted by molar-refractivity contribution is -0.137. The van der Waals surface area contributed by atoms with Gasteiger partial charge < -0.3 is 10.3 Å². The zero-order chi connectivity index (χ0) is 13.3. The standard InChI is InChI=1S/C12H11F3N2O/c1-7-10(6-16)11(18-17-7)8-2-4-9(5-3-8)12(13,14)15/h2-5H,6,16H2,1H3. The fourth-order valence-electron chi connectivity index (χ4n) is 1.67. The minimum atomic E-state index is -4.34. The van der Waals surface area contributed by atoms with Crippen LogP contribution in [0.1, 0.15) is 16.8 Å². The molecule has 96 valence electrons. The SMILES string of the molecule is Cc1noc(-c2ccc(C(F)(F)F)cc2)c1CN. The summed E-state index contributed by atoms with van der Waals surface area (Å²) in [6.45, 7) is 1.96. The van der Waals surface area contributed by atoms with Crippen molar-refractivity contribution in [3.63, 3.8) is 0 Å². The summed E-state index contributed by atoms with van der Waals surface area (Å²) in [5, 5.41) is 3.76. The van der Waals surface area contributed by atoms with E-state index in [4.69, 9.17) is 10.3 Å². The predicted molar refractivity (Wildman–Crippen MR) is 59.6 cm³/mol. The quantitative estimate of drug-likeness (QED) is 0.898. The van der Waals surface area contributed by atoms with Crippen molar-refractivity contribution in [2.24, 2.45) is 5.73 Å². The molecule has 0 aliphatic carbocycles. The van der Waals surface area contributed by atoms with Gasteiger partial charge in [-0.3, -0.25) is 0 Å². The molecule has 2 rings (SSSR count). The Labute approximate surface area is 101 Å². The number of hydrogen-bond acceptors (Lipinski definition) is 3. The van der Waals surface area contributed by atoms with Gasteiger partial charge in [-0.15, -0.1) is 0 Å². The van der Waals surface area contributed by atoms with Crippen molar-refractivity contribution < 1.29 is 17.7 Å². The van der Waals surface area contributed by atoms with Gasteiger partial charge >= 0.3 is 6.18 Å². The molecule has 0 unspecified atom stereocenters. The molecule has 0 fully saturated rings. The smallest absolute Gasteiger partial charge is 0.356 e. The van der Waals surface area contributed by atoms with Gasteiger partial charge in [-0.1, -0.05) is 17.3 Å². The Morgan fingerprint density at radius 3 is 2.33 bits per heavy atom. The fourth-order valence-corrected chi connectivity index (χ4v) is 1.67. The maximum atomic E-state index is 12.4. The first-order valence-electron chi connectivity index (χ1n) is 5.26. The van der Waals surface area contributed by atoms with Crippen LogP contribution in [0.15, 0.2) is 28.8 Å². The van der Waals surface area contributed by atoms with Crippen molar-refractivity contribution in [3.8, 4) is 11.3 Å². The molecule has 0 radical (unpaired) electrons. The number of aromatic nitrogens is 1. The van der Waals surface area contributed by atoms with E-state index in [9.17, 15) is 13.2 Å². The molecule has 0 saturated carbocycles. The average molecular weight is 256 g/mol. The van der Waals surface area contributed by atoms with Crippen LogP contribution in [0.2, 0.25) is 0 Å². The third-order valence-corrected chi connectivity index (χ3v) is 2.66. The molecule has 2 N–H and O–H groups in total. The molecule has 1 aromatic carbocycles. The first-order valence-corrected chi connectivity index (χ1v) is 5.26. The second-order valence-corrected chi connectivity index (χ2v) is 3.85. The summed E-state index contributed by atoms with van der Waals surface area (Å²) < 4.78 is 42.3. The second kappa shape index (κ2) is 4.45. The highest BCUT2D eigenvalue weighted by atomic mass is 19.4. The number of alkyl halides is 3. The largest absolute Gasteiger partial charge is 0.416 e. The lowest BCUT2D eigenvalue weighted by Gasteiger charge is -2.06. The first-order chi connectivity index (χ1) is 8.43. The van der Waals surface area contributed by atoms with Gasteiger partial charge in [0.25, 0.3) is 0 Å². The minimum Gasteiger partial charge on any atom is -0.356 e. The van der Waals surface area contributed by atoms with Crippen molar-refractivity contribution in [1.82, 2.24) is 5.16 Å². The molecule has 0 saturated heterocycles. The molecule has 0 spiro atoms. The van der Waals surface area contributed by atoms with E-state index in [2.05, 4.69) is 5.16 Å². The summed E-state index contributed by atoms with van der Waals surface area (Å²) in [5.74, 6) is 0.420. The maximum absolute atomic E-state index is 12.4. The van der Waals surface area contributed by atoms with E-state index in [0.717, 1.165) is 12.1 Å². The van der Waals surface area contributed by atoms with Crippen molar-refractivity contribution in [2.45, 2.75) is 19.6 Å². The van der Waals surface area contributed by atoms with E-state index in [1.807, 2.05) is 0 Å². The lowest BCUT2D eigenvalue weighted by atomic mass is 10.1. The topological polar surface area (TPSA) is 52.0 Å². The highest BCUT2D eigenvalue weighted by molar-refractivity contribution is 5.62. The third-order valence-electron chi connectivity index (χ3n) is 2.66. The van der Waals surface area contributed by atoms with E-state index in [1.165, 1.54) is 12.1 Å². The summed E-state index contributed by atoms with van der Waals surface area (Å²) in [6.07, 6.45) is -4.34. The molecule has 6 heteroatoms. The van der Waals surface area contributed by atoms with Crippen LogP contribution in [-0.2, 0) is 12.7 Å². The summed E-state index contributed by atoms with van der Waals surface area (Å²) in [5.41, 5.74) is 6.74. The van der Waals surface area contributed by atoms with Gasteiger partial charge in [-0.05, 0) is 19.1 Å². The van der Waals surface area contributed by atoms with Gasteiger partial charge in [0, 0.05) is 17.7 Å². The molecule has 0 atom stereocenters. The summed E-state index contributed by atoms with van der Waals surface area (Å²) >= 11 is 0. The number of halogens is 3. The zero-order valence-corrected chi connectivity index (χ0v) is 9.58. The Hall–Kier alpha value is -1.82. The van der Waals surface area contributed by atoms with Gasteiger partial charge in [0.1, 0.15) is 0 Å². The molecular weight excluding hydrogens is 245 g/mol. The maximum Gasteiger partial charge on any atom is 0.416 e. The Kier molecular flexibility index (Phi) is 3.13. The van der Waals surface area contributed by atoms with Crippen LogP contribution in [0.3, 0.4) is 0 Å². The summed E-state index contributed by atoms with van der Waals surface area (Å²) in [4.78, 5) is 0. The van der Waals surface area contributed by atoms with Gasteiger partial charge in [-0.2, -0.15) is 13.2 Å². The van der Waals surface area contributed by atoms with Crippen molar-refractivity contribution in [3.05, 3.63) is 41.1 Å². The van der Waals surface area contributed by atoms with Crippen LogP contribution in [0.5, 0.6) is 0 Å². The van der Waals surface area contributed by atoms with Gasteiger partial charge in [0.2, 0.25) is 0 Å². The highest BCUT2D eigenvalue weighted by Crippen LogP contribution is 2.32. The van der Waals surface area contributed by atoms with E-state index in [-0.39, 0.29) is 6.54 Å². The first kappa shape index (κ1) is 12.6. The summed E-state index contributed by atoms with van der Waals surface area (Å²) in [6, 6.07) is 4.71. The number of hydrogen-bond donors (Lipinski definition) is 1. The Morgan fingerprint density at radius 2 is 1.83 bits per heavy atom. The lowest BCUT2D eigenvalue weighted by Crippen LogP contribution is -2.04. The van der Waals surface area contributed by atoms with Gasteiger partial charge in [0.05, 0.1) is 11.3 Å². The molecule has 1 aromatic heterocycles. The normalized spacial score (nSPS) is 11.8. The van der Waals surface area contributed by atoms with Crippen LogP contribution >= 0.6 is 0 Å². The van der Waals surface area contributed by atoms with E-state index < -0.39 is 11.7 Å². The number of aryl methyl sites for hydroxylation is 1. The number of nitrogens with two attached hydrogens (primary N) is 1. The molecule has 0 amide bonds. The Morgan fingerprint density at radius 1 is 1.22 bits per heavy atom. The predicted octanol–water partition coefficient (Wildman–Crippen LogP) is 3.13.